The number of methoxy groups -OCH3 is 1. The second-order valence-electron chi connectivity index (χ2n) is 5.18. The van der Waals surface area contributed by atoms with Gasteiger partial charge >= 0.3 is 5.97 Å². The Kier molecular flexibility index (Phi) is 5.49. The molecule has 1 aromatic carbocycles. The SMILES string of the molecule is COC(=O)c1ccc(F)cc1S(=O)(=O)NCCC1CCNC1. The monoisotopic (exact) mass is 330 g/mol. The predicted octanol–water partition coefficient (Wildman–Crippen LogP) is 0.890. The van der Waals surface area contributed by atoms with Crippen molar-refractivity contribution < 1.29 is 22.3 Å². The Morgan fingerprint density at radius 2 is 2.27 bits per heavy atom. The summed E-state index contributed by atoms with van der Waals surface area (Å²) in [6.07, 6.45) is 1.70. The molecule has 2 rings (SSSR count). The van der Waals surface area contributed by atoms with E-state index in [1.165, 1.54) is 0 Å². The highest BCUT2D eigenvalue weighted by Gasteiger charge is 2.24. The van der Waals surface area contributed by atoms with E-state index in [0.717, 1.165) is 44.8 Å². The average molecular weight is 330 g/mol. The van der Waals surface area contributed by atoms with Crippen LogP contribution in [0.2, 0.25) is 0 Å². The maximum absolute atomic E-state index is 13.4. The normalized spacial score (nSPS) is 18.4. The van der Waals surface area contributed by atoms with E-state index in [4.69, 9.17) is 0 Å². The van der Waals surface area contributed by atoms with E-state index in [2.05, 4.69) is 14.8 Å². The molecule has 122 valence electrons. The minimum Gasteiger partial charge on any atom is -0.465 e. The molecule has 0 saturated carbocycles. The van der Waals surface area contributed by atoms with Crippen LogP contribution in [0.25, 0.3) is 0 Å². The van der Waals surface area contributed by atoms with Crippen LogP contribution >= 0.6 is 0 Å². The molecule has 1 fully saturated rings. The smallest absolute Gasteiger partial charge is 0.339 e. The number of rotatable bonds is 6. The van der Waals surface area contributed by atoms with Crippen molar-refractivity contribution in [2.45, 2.75) is 17.7 Å². The minimum absolute atomic E-state index is 0.182. The second kappa shape index (κ2) is 7.17. The zero-order valence-corrected chi connectivity index (χ0v) is 13.1. The van der Waals surface area contributed by atoms with Crippen molar-refractivity contribution in [1.82, 2.24) is 10.0 Å². The Hall–Kier alpha value is -1.51. The molecule has 1 unspecified atom stereocenters. The Labute approximate surface area is 129 Å². The molecule has 6 nitrogen and oxygen atoms in total. The van der Waals surface area contributed by atoms with Gasteiger partial charge in [0.15, 0.2) is 0 Å². The van der Waals surface area contributed by atoms with E-state index >= 15 is 0 Å². The highest BCUT2D eigenvalue weighted by atomic mass is 32.2. The van der Waals surface area contributed by atoms with Gasteiger partial charge in [-0.15, -0.1) is 0 Å². The summed E-state index contributed by atoms with van der Waals surface area (Å²) in [6, 6.07) is 2.96. The van der Waals surface area contributed by atoms with Gasteiger partial charge in [0.25, 0.3) is 0 Å². The van der Waals surface area contributed by atoms with Gasteiger partial charge in [-0.25, -0.2) is 22.3 Å². The number of nitrogens with one attached hydrogen (secondary N) is 2. The van der Waals surface area contributed by atoms with Crippen molar-refractivity contribution in [2.75, 3.05) is 26.7 Å². The molecule has 1 atom stereocenters. The van der Waals surface area contributed by atoms with Crippen LogP contribution in [0.3, 0.4) is 0 Å². The molecule has 1 saturated heterocycles. The summed E-state index contributed by atoms with van der Waals surface area (Å²) in [5, 5.41) is 3.20. The van der Waals surface area contributed by atoms with Crippen molar-refractivity contribution in [1.29, 1.82) is 0 Å². The van der Waals surface area contributed by atoms with Gasteiger partial charge in [-0.2, -0.15) is 0 Å². The molecule has 22 heavy (non-hydrogen) atoms. The molecule has 0 radical (unpaired) electrons. The topological polar surface area (TPSA) is 84.5 Å². The van der Waals surface area contributed by atoms with Crippen LogP contribution in [0.4, 0.5) is 4.39 Å². The van der Waals surface area contributed by atoms with Crippen LogP contribution in [-0.4, -0.2) is 41.1 Å². The molecule has 0 bridgehead atoms. The highest BCUT2D eigenvalue weighted by Crippen LogP contribution is 2.19. The maximum atomic E-state index is 13.4. The number of hydrogen-bond donors (Lipinski definition) is 2. The van der Waals surface area contributed by atoms with Crippen LogP contribution in [0.15, 0.2) is 23.1 Å². The molecule has 0 spiro atoms. The van der Waals surface area contributed by atoms with Gasteiger partial charge in [-0.1, -0.05) is 0 Å². The molecular weight excluding hydrogens is 311 g/mol. The molecule has 0 aromatic heterocycles. The third-order valence-electron chi connectivity index (χ3n) is 3.65. The molecule has 0 aliphatic carbocycles. The Morgan fingerprint density at radius 1 is 1.50 bits per heavy atom. The Morgan fingerprint density at radius 3 is 2.91 bits per heavy atom. The first-order valence-electron chi connectivity index (χ1n) is 7.02. The number of benzene rings is 1. The summed E-state index contributed by atoms with van der Waals surface area (Å²) in [6.45, 7) is 2.05. The zero-order chi connectivity index (χ0) is 16.2. The quantitative estimate of drug-likeness (QED) is 0.757. The lowest BCUT2D eigenvalue weighted by Crippen LogP contribution is -2.28. The summed E-state index contributed by atoms with van der Waals surface area (Å²) in [5.74, 6) is -1.12. The lowest BCUT2D eigenvalue weighted by atomic mass is 10.1. The van der Waals surface area contributed by atoms with Crippen LogP contribution in [0.5, 0.6) is 0 Å². The summed E-state index contributed by atoms with van der Waals surface area (Å²) < 4.78 is 44.9. The predicted molar refractivity (Wildman–Crippen MR) is 78.5 cm³/mol. The summed E-state index contributed by atoms with van der Waals surface area (Å²) in [5.41, 5.74) is -0.182. The van der Waals surface area contributed by atoms with Gasteiger partial charge in [0.1, 0.15) is 5.82 Å². The van der Waals surface area contributed by atoms with Crippen LogP contribution < -0.4 is 10.0 Å². The molecule has 1 heterocycles. The van der Waals surface area contributed by atoms with Crippen molar-refractivity contribution in [3.63, 3.8) is 0 Å². The fourth-order valence-corrected chi connectivity index (χ4v) is 3.68. The number of halogens is 1. The van der Waals surface area contributed by atoms with Crippen molar-refractivity contribution >= 4 is 16.0 Å². The summed E-state index contributed by atoms with van der Waals surface area (Å²) in [4.78, 5) is 11.2. The van der Waals surface area contributed by atoms with Gasteiger partial charge < -0.3 is 10.1 Å². The first-order chi connectivity index (χ1) is 10.4. The van der Waals surface area contributed by atoms with E-state index < -0.39 is 26.7 Å². The maximum Gasteiger partial charge on any atom is 0.339 e. The number of esters is 1. The Balaban J connectivity index is 2.13. The number of hydrogen-bond acceptors (Lipinski definition) is 5. The fraction of sp³-hybridized carbons (Fsp3) is 0.500. The van der Waals surface area contributed by atoms with Crippen molar-refractivity contribution in [2.24, 2.45) is 5.92 Å². The minimum atomic E-state index is -3.97. The van der Waals surface area contributed by atoms with Gasteiger partial charge in [0.05, 0.1) is 17.6 Å². The van der Waals surface area contributed by atoms with Crippen molar-refractivity contribution in [3.05, 3.63) is 29.6 Å². The van der Waals surface area contributed by atoms with E-state index in [0.29, 0.717) is 12.3 Å². The fourth-order valence-electron chi connectivity index (χ4n) is 2.43. The van der Waals surface area contributed by atoms with E-state index in [1.807, 2.05) is 0 Å². The first-order valence-corrected chi connectivity index (χ1v) is 8.50. The highest BCUT2D eigenvalue weighted by molar-refractivity contribution is 7.89. The zero-order valence-electron chi connectivity index (χ0n) is 12.3. The number of sulfonamides is 1. The molecular formula is C14H19FN2O4S. The van der Waals surface area contributed by atoms with E-state index in [-0.39, 0.29) is 12.1 Å². The summed E-state index contributed by atoms with van der Waals surface area (Å²) in [7, 11) is -2.83. The molecule has 1 aromatic rings. The van der Waals surface area contributed by atoms with Gasteiger partial charge in [0, 0.05) is 6.54 Å². The van der Waals surface area contributed by atoms with E-state index in [1.54, 1.807) is 0 Å². The van der Waals surface area contributed by atoms with Crippen LogP contribution in [0.1, 0.15) is 23.2 Å². The Bertz CT molecular complexity index is 642. The second-order valence-corrected chi connectivity index (χ2v) is 6.91. The third-order valence-corrected chi connectivity index (χ3v) is 5.15. The molecule has 1 aliphatic rings. The number of carbonyl (C=O) groups excluding carboxylic acids is 1. The number of carbonyl (C=O) groups is 1. The van der Waals surface area contributed by atoms with Crippen LogP contribution in [-0.2, 0) is 14.8 Å². The van der Waals surface area contributed by atoms with Gasteiger partial charge in [0.2, 0.25) is 10.0 Å². The first kappa shape index (κ1) is 16.9. The summed E-state index contributed by atoms with van der Waals surface area (Å²) >= 11 is 0. The largest absolute Gasteiger partial charge is 0.465 e. The lowest BCUT2D eigenvalue weighted by Gasteiger charge is -2.12. The van der Waals surface area contributed by atoms with Crippen LogP contribution in [0, 0.1) is 11.7 Å². The standard InChI is InChI=1S/C14H19FN2O4S/c1-21-14(18)12-3-2-11(15)8-13(12)22(19,20)17-7-5-10-4-6-16-9-10/h2-3,8,10,16-17H,4-7,9H2,1H3. The van der Waals surface area contributed by atoms with Gasteiger partial charge in [-0.3, -0.25) is 0 Å². The van der Waals surface area contributed by atoms with Crippen molar-refractivity contribution in [3.8, 4) is 0 Å². The number of ether oxygens (including phenoxy) is 1. The molecule has 8 heteroatoms. The third kappa shape index (κ3) is 4.02. The molecule has 2 N–H and O–H groups in total. The average Bonchev–Trinajstić information content (AvgIpc) is 2.99. The lowest BCUT2D eigenvalue weighted by molar-refractivity contribution is 0.0596. The molecule has 0 amide bonds. The van der Waals surface area contributed by atoms with E-state index in [9.17, 15) is 17.6 Å². The van der Waals surface area contributed by atoms with Gasteiger partial charge in [-0.05, 0) is 50.0 Å². The molecule has 1 aliphatic heterocycles.